The monoisotopic (exact) mass is 313 g/mol. The molecule has 0 radical (unpaired) electrons. The molecule has 1 fully saturated rings. The third-order valence-electron chi connectivity index (χ3n) is 4.05. The molecule has 7 nitrogen and oxygen atoms in total. The van der Waals surface area contributed by atoms with E-state index in [-0.39, 0.29) is 17.9 Å². The standard InChI is InChI=1S/C16H19N5O2/c17-15(22)13-6-9-20(11-13)16(23)18-10-12-4-1-2-5-14(12)21-8-3-7-19-21/h1-5,7-8,13H,6,9-11H2,(H2,17,22)(H,18,23)/t13-/m0/s1. The Morgan fingerprint density at radius 2 is 2.13 bits per heavy atom. The number of nitrogens with zero attached hydrogens (tertiary/aromatic N) is 3. The van der Waals surface area contributed by atoms with Crippen molar-refractivity contribution in [2.75, 3.05) is 13.1 Å². The maximum absolute atomic E-state index is 12.2. The van der Waals surface area contributed by atoms with Gasteiger partial charge >= 0.3 is 6.03 Å². The number of nitrogens with one attached hydrogen (secondary N) is 1. The van der Waals surface area contributed by atoms with Crippen LogP contribution < -0.4 is 11.1 Å². The number of carbonyl (C=O) groups excluding carboxylic acids is 2. The molecule has 3 N–H and O–H groups in total. The van der Waals surface area contributed by atoms with Crippen molar-refractivity contribution in [3.63, 3.8) is 0 Å². The number of aromatic nitrogens is 2. The number of urea groups is 1. The van der Waals surface area contributed by atoms with E-state index < -0.39 is 0 Å². The SMILES string of the molecule is NC(=O)[C@H]1CCN(C(=O)NCc2ccccc2-n2cccn2)C1. The molecule has 2 aromatic rings. The molecule has 0 bridgehead atoms. The molecule has 0 aliphatic carbocycles. The average Bonchev–Trinajstić information content (AvgIpc) is 3.24. The predicted molar refractivity (Wildman–Crippen MR) is 84.7 cm³/mol. The minimum Gasteiger partial charge on any atom is -0.369 e. The summed E-state index contributed by atoms with van der Waals surface area (Å²) in [5.41, 5.74) is 7.19. The van der Waals surface area contributed by atoms with Crippen LogP contribution in [0.4, 0.5) is 4.79 Å². The summed E-state index contributed by atoms with van der Waals surface area (Å²) in [6.07, 6.45) is 4.20. The molecule has 120 valence electrons. The number of para-hydroxylation sites is 1. The number of nitrogens with two attached hydrogens (primary N) is 1. The van der Waals surface area contributed by atoms with E-state index in [1.165, 1.54) is 0 Å². The molecule has 3 rings (SSSR count). The van der Waals surface area contributed by atoms with Crippen molar-refractivity contribution in [2.45, 2.75) is 13.0 Å². The zero-order chi connectivity index (χ0) is 16.2. The van der Waals surface area contributed by atoms with Gasteiger partial charge in [-0.3, -0.25) is 4.79 Å². The Labute approximate surface area is 134 Å². The van der Waals surface area contributed by atoms with Gasteiger partial charge in [-0.25, -0.2) is 9.48 Å². The van der Waals surface area contributed by atoms with E-state index in [4.69, 9.17) is 5.73 Å². The quantitative estimate of drug-likeness (QED) is 0.878. The summed E-state index contributed by atoms with van der Waals surface area (Å²) in [6.45, 7) is 1.34. The Balaban J connectivity index is 1.63. The Morgan fingerprint density at radius 1 is 1.30 bits per heavy atom. The normalized spacial score (nSPS) is 17.2. The zero-order valence-electron chi connectivity index (χ0n) is 12.7. The molecule has 7 heteroatoms. The van der Waals surface area contributed by atoms with E-state index in [0.29, 0.717) is 26.1 Å². The number of primary amides is 1. The predicted octanol–water partition coefficient (Wildman–Crippen LogP) is 0.889. The third kappa shape index (κ3) is 3.33. The van der Waals surface area contributed by atoms with E-state index >= 15 is 0 Å². The lowest BCUT2D eigenvalue weighted by atomic mass is 10.1. The highest BCUT2D eigenvalue weighted by molar-refractivity contribution is 5.80. The van der Waals surface area contributed by atoms with Crippen molar-refractivity contribution in [1.29, 1.82) is 0 Å². The van der Waals surface area contributed by atoms with Crippen LogP contribution >= 0.6 is 0 Å². The molecule has 1 aromatic heterocycles. The second-order valence-electron chi connectivity index (χ2n) is 5.57. The number of amides is 3. The van der Waals surface area contributed by atoms with E-state index in [2.05, 4.69) is 10.4 Å². The first kappa shape index (κ1) is 15.1. The van der Waals surface area contributed by atoms with E-state index in [1.807, 2.05) is 36.5 Å². The summed E-state index contributed by atoms with van der Waals surface area (Å²) < 4.78 is 1.76. The van der Waals surface area contributed by atoms with Crippen molar-refractivity contribution in [3.05, 3.63) is 48.3 Å². The summed E-state index contributed by atoms with van der Waals surface area (Å²) >= 11 is 0. The molecule has 1 aliphatic rings. The summed E-state index contributed by atoms with van der Waals surface area (Å²) in [6, 6.07) is 9.43. The van der Waals surface area contributed by atoms with Gasteiger partial charge < -0.3 is 16.0 Å². The van der Waals surface area contributed by atoms with Crippen LogP contribution in [-0.2, 0) is 11.3 Å². The first-order valence-corrected chi connectivity index (χ1v) is 7.55. The maximum atomic E-state index is 12.2. The Morgan fingerprint density at radius 3 is 2.83 bits per heavy atom. The molecular weight excluding hydrogens is 294 g/mol. The molecule has 23 heavy (non-hydrogen) atoms. The molecule has 3 amide bonds. The van der Waals surface area contributed by atoms with Crippen molar-refractivity contribution >= 4 is 11.9 Å². The van der Waals surface area contributed by atoms with Crippen LogP contribution in [0.25, 0.3) is 5.69 Å². The summed E-state index contributed by atoms with van der Waals surface area (Å²) in [5, 5.41) is 7.12. The first-order chi connectivity index (χ1) is 11.1. The van der Waals surface area contributed by atoms with Crippen LogP contribution in [0.2, 0.25) is 0 Å². The minimum absolute atomic E-state index is 0.177. The van der Waals surface area contributed by atoms with Crippen LogP contribution in [0, 0.1) is 5.92 Å². The molecule has 1 aromatic carbocycles. The molecule has 0 saturated carbocycles. The Kier molecular flexibility index (Phi) is 4.27. The van der Waals surface area contributed by atoms with Crippen LogP contribution in [0.15, 0.2) is 42.7 Å². The number of hydrogen-bond donors (Lipinski definition) is 2. The number of hydrogen-bond acceptors (Lipinski definition) is 3. The van der Waals surface area contributed by atoms with Crippen molar-refractivity contribution < 1.29 is 9.59 Å². The van der Waals surface area contributed by atoms with Gasteiger partial charge in [0.05, 0.1) is 11.6 Å². The first-order valence-electron chi connectivity index (χ1n) is 7.55. The van der Waals surface area contributed by atoms with Crippen molar-refractivity contribution in [2.24, 2.45) is 11.7 Å². The van der Waals surface area contributed by atoms with Crippen molar-refractivity contribution in [1.82, 2.24) is 20.0 Å². The zero-order valence-corrected chi connectivity index (χ0v) is 12.7. The topological polar surface area (TPSA) is 93.3 Å². The van der Waals surface area contributed by atoms with E-state index in [0.717, 1.165) is 11.3 Å². The lowest BCUT2D eigenvalue weighted by Crippen LogP contribution is -2.39. The van der Waals surface area contributed by atoms with Crippen LogP contribution in [-0.4, -0.2) is 39.7 Å². The molecule has 1 aliphatic heterocycles. The lowest BCUT2D eigenvalue weighted by Gasteiger charge is -2.18. The highest BCUT2D eigenvalue weighted by Crippen LogP contribution is 2.16. The number of benzene rings is 1. The Bertz CT molecular complexity index is 698. The molecule has 2 heterocycles. The molecule has 0 unspecified atom stereocenters. The van der Waals surface area contributed by atoms with Gasteiger partial charge in [0.2, 0.25) is 5.91 Å². The second-order valence-corrected chi connectivity index (χ2v) is 5.57. The number of likely N-dealkylation sites (tertiary alicyclic amines) is 1. The van der Waals surface area contributed by atoms with Crippen molar-refractivity contribution in [3.8, 4) is 5.69 Å². The lowest BCUT2D eigenvalue weighted by molar-refractivity contribution is -0.121. The highest BCUT2D eigenvalue weighted by atomic mass is 16.2. The second kappa shape index (κ2) is 6.51. The number of rotatable bonds is 4. The van der Waals surface area contributed by atoms with Crippen LogP contribution in [0.1, 0.15) is 12.0 Å². The fourth-order valence-electron chi connectivity index (χ4n) is 2.75. The molecular formula is C16H19N5O2. The molecule has 0 spiro atoms. The minimum atomic E-state index is -0.343. The van der Waals surface area contributed by atoms with Gasteiger partial charge in [-0.05, 0) is 24.1 Å². The third-order valence-corrected chi connectivity index (χ3v) is 4.05. The smallest absolute Gasteiger partial charge is 0.317 e. The fraction of sp³-hybridized carbons (Fsp3) is 0.312. The molecule has 1 saturated heterocycles. The highest BCUT2D eigenvalue weighted by Gasteiger charge is 2.29. The van der Waals surface area contributed by atoms with E-state index in [1.54, 1.807) is 15.8 Å². The van der Waals surface area contributed by atoms with E-state index in [9.17, 15) is 9.59 Å². The van der Waals surface area contributed by atoms with Gasteiger partial charge in [0.25, 0.3) is 0 Å². The largest absolute Gasteiger partial charge is 0.369 e. The van der Waals surface area contributed by atoms with Gasteiger partial charge in [-0.1, -0.05) is 18.2 Å². The molecule has 1 atom stereocenters. The van der Waals surface area contributed by atoms with Gasteiger partial charge in [0, 0.05) is 32.0 Å². The Hall–Kier alpha value is -2.83. The van der Waals surface area contributed by atoms with Crippen LogP contribution in [0.5, 0.6) is 0 Å². The van der Waals surface area contributed by atoms with Gasteiger partial charge in [0.15, 0.2) is 0 Å². The summed E-state index contributed by atoms with van der Waals surface area (Å²) in [5.74, 6) is -0.582. The van der Waals surface area contributed by atoms with Crippen LogP contribution in [0.3, 0.4) is 0 Å². The van der Waals surface area contributed by atoms with Gasteiger partial charge in [-0.2, -0.15) is 5.10 Å². The van der Waals surface area contributed by atoms with Gasteiger partial charge in [0.1, 0.15) is 0 Å². The van der Waals surface area contributed by atoms with Gasteiger partial charge in [-0.15, -0.1) is 0 Å². The average molecular weight is 313 g/mol. The summed E-state index contributed by atoms with van der Waals surface area (Å²) in [7, 11) is 0. The number of carbonyl (C=O) groups is 2. The fourth-order valence-corrected chi connectivity index (χ4v) is 2.75. The summed E-state index contributed by atoms with van der Waals surface area (Å²) in [4.78, 5) is 25.0. The maximum Gasteiger partial charge on any atom is 0.317 e.